The smallest absolute Gasteiger partial charge is 0.416 e. The highest BCUT2D eigenvalue weighted by Gasteiger charge is 2.39. The maximum absolute atomic E-state index is 13.1. The Bertz CT molecular complexity index is 1490. The van der Waals surface area contributed by atoms with E-state index in [1.165, 1.54) is 31.4 Å². The summed E-state index contributed by atoms with van der Waals surface area (Å²) in [4.78, 5) is 39.6. The molecule has 3 aromatic carbocycles. The standard InChI is InChI=1S/C26H18Cl2F3N3O4/c1-13-3-4-14(23(35)33-20-12-15(26(29,30)31)5-10-18(20)27)11-19(13)32-22-21(28)24(36)34(25(22)37)16-6-8-17(38-2)9-7-16/h3-12,32H,1-2H3,(H,33,35). The molecule has 0 aliphatic carbocycles. The van der Waals surface area contributed by atoms with Gasteiger partial charge in [-0.15, -0.1) is 0 Å². The van der Waals surface area contributed by atoms with E-state index in [0.717, 1.165) is 23.1 Å². The Kier molecular flexibility index (Phi) is 7.39. The van der Waals surface area contributed by atoms with Crippen molar-refractivity contribution in [2.45, 2.75) is 13.1 Å². The van der Waals surface area contributed by atoms with Crippen molar-refractivity contribution in [2.24, 2.45) is 0 Å². The Hall–Kier alpha value is -4.02. The topological polar surface area (TPSA) is 87.7 Å². The number of carbonyl (C=O) groups is 3. The first-order chi connectivity index (χ1) is 17.9. The van der Waals surface area contributed by atoms with Gasteiger partial charge in [-0.25, -0.2) is 4.90 Å². The van der Waals surface area contributed by atoms with Crippen LogP contribution in [0.4, 0.5) is 30.2 Å². The van der Waals surface area contributed by atoms with Crippen molar-refractivity contribution in [1.82, 2.24) is 0 Å². The van der Waals surface area contributed by atoms with Crippen molar-refractivity contribution < 1.29 is 32.3 Å². The van der Waals surface area contributed by atoms with Gasteiger partial charge >= 0.3 is 6.18 Å². The van der Waals surface area contributed by atoms with E-state index >= 15 is 0 Å². The molecule has 1 heterocycles. The van der Waals surface area contributed by atoms with Crippen LogP contribution in [0.15, 0.2) is 71.4 Å². The van der Waals surface area contributed by atoms with Crippen LogP contribution in [0.2, 0.25) is 5.02 Å². The molecule has 38 heavy (non-hydrogen) atoms. The Morgan fingerprint density at radius 2 is 1.61 bits per heavy atom. The highest BCUT2D eigenvalue weighted by Crippen LogP contribution is 2.35. The van der Waals surface area contributed by atoms with Crippen molar-refractivity contribution >= 4 is 58.0 Å². The van der Waals surface area contributed by atoms with Gasteiger partial charge in [0.25, 0.3) is 17.7 Å². The predicted octanol–water partition coefficient (Wildman–Crippen LogP) is 6.36. The zero-order valence-corrected chi connectivity index (χ0v) is 21.3. The van der Waals surface area contributed by atoms with Crippen LogP contribution in [0.1, 0.15) is 21.5 Å². The normalized spacial score (nSPS) is 13.7. The molecular formula is C26H18Cl2F3N3O4. The molecule has 0 spiro atoms. The van der Waals surface area contributed by atoms with E-state index in [4.69, 9.17) is 27.9 Å². The number of carbonyl (C=O) groups excluding carboxylic acids is 3. The van der Waals surface area contributed by atoms with Crippen LogP contribution in [-0.4, -0.2) is 24.8 Å². The van der Waals surface area contributed by atoms with Gasteiger partial charge in [-0.05, 0) is 67.1 Å². The van der Waals surface area contributed by atoms with Crippen LogP contribution < -0.4 is 20.3 Å². The zero-order chi connectivity index (χ0) is 27.8. The number of nitrogens with zero attached hydrogens (tertiary/aromatic N) is 1. The minimum absolute atomic E-state index is 0.0482. The number of halogens is 5. The fourth-order valence-corrected chi connectivity index (χ4v) is 3.98. The minimum Gasteiger partial charge on any atom is -0.497 e. The number of ether oxygens (including phenoxy) is 1. The fourth-order valence-electron chi connectivity index (χ4n) is 3.60. The maximum atomic E-state index is 13.1. The number of hydrogen-bond acceptors (Lipinski definition) is 5. The molecule has 3 amide bonds. The number of hydrogen-bond donors (Lipinski definition) is 2. The molecule has 2 N–H and O–H groups in total. The Labute approximate surface area is 224 Å². The average molecular weight is 564 g/mol. The van der Waals surface area contributed by atoms with Crippen molar-refractivity contribution in [2.75, 3.05) is 22.6 Å². The van der Waals surface area contributed by atoms with Crippen LogP contribution in [0.3, 0.4) is 0 Å². The quantitative estimate of drug-likeness (QED) is 0.340. The number of benzene rings is 3. The van der Waals surface area contributed by atoms with Crippen LogP contribution in [-0.2, 0) is 15.8 Å². The average Bonchev–Trinajstić information content (AvgIpc) is 3.08. The summed E-state index contributed by atoms with van der Waals surface area (Å²) in [6.07, 6.45) is -4.62. The second kappa shape index (κ2) is 10.4. The Balaban J connectivity index is 1.58. The molecule has 0 atom stereocenters. The summed E-state index contributed by atoms with van der Waals surface area (Å²) in [5.41, 5.74) is -0.202. The maximum Gasteiger partial charge on any atom is 0.416 e. The third kappa shape index (κ3) is 5.32. The lowest BCUT2D eigenvalue weighted by Gasteiger charge is -2.16. The summed E-state index contributed by atoms with van der Waals surface area (Å²) in [5.74, 6) is -1.67. The summed E-state index contributed by atoms with van der Waals surface area (Å²) >= 11 is 12.2. The van der Waals surface area contributed by atoms with Crippen molar-refractivity contribution in [3.63, 3.8) is 0 Å². The first-order valence-corrected chi connectivity index (χ1v) is 11.6. The highest BCUT2D eigenvalue weighted by molar-refractivity contribution is 6.53. The van der Waals surface area contributed by atoms with Gasteiger partial charge in [0, 0.05) is 11.3 Å². The second-order valence-corrected chi connectivity index (χ2v) is 8.92. The van der Waals surface area contributed by atoms with Gasteiger partial charge in [-0.2, -0.15) is 13.2 Å². The van der Waals surface area contributed by atoms with E-state index in [0.29, 0.717) is 11.3 Å². The highest BCUT2D eigenvalue weighted by atomic mass is 35.5. The van der Waals surface area contributed by atoms with Gasteiger partial charge in [0.2, 0.25) is 0 Å². The molecule has 0 fully saturated rings. The molecule has 0 radical (unpaired) electrons. The lowest BCUT2D eigenvalue weighted by molar-refractivity contribution is -0.137. The summed E-state index contributed by atoms with van der Waals surface area (Å²) in [6.45, 7) is 1.69. The van der Waals surface area contributed by atoms with Crippen LogP contribution >= 0.6 is 23.2 Å². The van der Waals surface area contributed by atoms with Crippen LogP contribution in [0.25, 0.3) is 0 Å². The van der Waals surface area contributed by atoms with E-state index in [9.17, 15) is 27.6 Å². The number of amides is 3. The SMILES string of the molecule is COc1ccc(N2C(=O)C(Cl)=C(Nc3cc(C(=O)Nc4cc(C(F)(F)F)ccc4Cl)ccc3C)C2=O)cc1. The molecule has 12 heteroatoms. The first-order valence-electron chi connectivity index (χ1n) is 10.9. The first kappa shape index (κ1) is 27.0. The van der Waals surface area contributed by atoms with Gasteiger partial charge in [-0.1, -0.05) is 29.3 Å². The number of anilines is 3. The molecule has 0 saturated carbocycles. The summed E-state index contributed by atoms with van der Waals surface area (Å²) < 4.78 is 44.3. The van der Waals surface area contributed by atoms with Crippen molar-refractivity contribution in [3.05, 3.63) is 93.1 Å². The molecular weight excluding hydrogens is 546 g/mol. The molecule has 3 aromatic rings. The van der Waals surface area contributed by atoms with Crippen molar-refractivity contribution in [1.29, 1.82) is 0 Å². The van der Waals surface area contributed by atoms with Gasteiger partial charge in [0.05, 0.1) is 29.1 Å². The molecule has 0 saturated heterocycles. The third-order valence-corrected chi connectivity index (χ3v) is 6.34. The number of rotatable bonds is 6. The van der Waals surface area contributed by atoms with Gasteiger partial charge < -0.3 is 15.4 Å². The van der Waals surface area contributed by atoms with E-state index in [1.807, 2.05) is 0 Å². The zero-order valence-electron chi connectivity index (χ0n) is 19.7. The molecule has 1 aliphatic rings. The molecule has 0 unspecified atom stereocenters. The molecule has 4 rings (SSSR count). The summed E-state index contributed by atoms with van der Waals surface area (Å²) in [6, 6.07) is 13.2. The summed E-state index contributed by atoms with van der Waals surface area (Å²) in [7, 11) is 1.48. The van der Waals surface area contributed by atoms with Gasteiger partial charge in [0.15, 0.2) is 0 Å². The molecule has 7 nitrogen and oxygen atoms in total. The Morgan fingerprint density at radius 1 is 0.921 bits per heavy atom. The Morgan fingerprint density at radius 3 is 2.24 bits per heavy atom. The molecule has 196 valence electrons. The van der Waals surface area contributed by atoms with Crippen molar-refractivity contribution in [3.8, 4) is 5.75 Å². The van der Waals surface area contributed by atoms with Gasteiger partial charge in [0.1, 0.15) is 16.5 Å². The van der Waals surface area contributed by atoms with E-state index in [-0.39, 0.29) is 38.4 Å². The lowest BCUT2D eigenvalue weighted by atomic mass is 10.1. The fraction of sp³-hybridized carbons (Fsp3) is 0.115. The minimum atomic E-state index is -4.62. The molecule has 0 aromatic heterocycles. The van der Waals surface area contributed by atoms with E-state index in [1.54, 1.807) is 25.1 Å². The second-order valence-electron chi connectivity index (χ2n) is 8.13. The number of aryl methyl sites for hydroxylation is 1. The number of imide groups is 1. The summed E-state index contributed by atoms with van der Waals surface area (Å²) in [5, 5.41) is 4.75. The van der Waals surface area contributed by atoms with E-state index < -0.39 is 29.5 Å². The van der Waals surface area contributed by atoms with E-state index in [2.05, 4.69) is 10.6 Å². The number of methoxy groups -OCH3 is 1. The van der Waals surface area contributed by atoms with Crippen LogP contribution in [0.5, 0.6) is 5.75 Å². The van der Waals surface area contributed by atoms with Gasteiger partial charge in [-0.3, -0.25) is 14.4 Å². The van der Waals surface area contributed by atoms with Crippen LogP contribution in [0, 0.1) is 6.92 Å². The third-order valence-electron chi connectivity index (χ3n) is 5.66. The molecule has 1 aliphatic heterocycles. The molecule has 0 bridgehead atoms. The number of alkyl halides is 3. The largest absolute Gasteiger partial charge is 0.497 e. The predicted molar refractivity (Wildman–Crippen MR) is 138 cm³/mol. The lowest BCUT2D eigenvalue weighted by Crippen LogP contribution is -2.32. The monoisotopic (exact) mass is 563 g/mol. The number of nitrogens with one attached hydrogen (secondary N) is 2.